The highest BCUT2D eigenvalue weighted by molar-refractivity contribution is 5.93. The van der Waals surface area contributed by atoms with E-state index in [2.05, 4.69) is 15.3 Å². The predicted molar refractivity (Wildman–Crippen MR) is 118 cm³/mol. The van der Waals surface area contributed by atoms with Gasteiger partial charge in [0.15, 0.2) is 5.65 Å². The molecular weight excluding hydrogens is 433 g/mol. The van der Waals surface area contributed by atoms with Crippen LogP contribution in [0.25, 0.3) is 28.0 Å². The Morgan fingerprint density at radius 2 is 1.85 bits per heavy atom. The van der Waals surface area contributed by atoms with Crippen molar-refractivity contribution in [3.05, 3.63) is 81.9 Å². The first-order chi connectivity index (χ1) is 15.9. The van der Waals surface area contributed by atoms with E-state index >= 15 is 0 Å². The lowest BCUT2D eigenvalue weighted by Crippen LogP contribution is -2.24. The van der Waals surface area contributed by atoms with Crippen molar-refractivity contribution in [1.82, 2.24) is 14.5 Å². The minimum Gasteiger partial charge on any atom is -0.379 e. The molecule has 0 radical (unpaired) electrons. The summed E-state index contributed by atoms with van der Waals surface area (Å²) in [6.07, 6.45) is 0.732. The lowest BCUT2D eigenvalue weighted by atomic mass is 10.0. The van der Waals surface area contributed by atoms with Gasteiger partial charge in [0, 0.05) is 23.6 Å². The number of nitrogens with zero attached hydrogens (tertiary/aromatic N) is 3. The Kier molecular flexibility index (Phi) is 5.33. The summed E-state index contributed by atoms with van der Waals surface area (Å²) in [5, 5.41) is 3.57. The smallest absolute Gasteiger partial charge is 0.256 e. The van der Waals surface area contributed by atoms with Gasteiger partial charge in [0.1, 0.15) is 23.1 Å². The van der Waals surface area contributed by atoms with Crippen molar-refractivity contribution in [2.24, 2.45) is 0 Å². The molecule has 1 saturated heterocycles. The zero-order valence-electron chi connectivity index (χ0n) is 17.6. The molecule has 0 saturated carbocycles. The quantitative estimate of drug-likeness (QED) is 0.498. The van der Waals surface area contributed by atoms with Crippen LogP contribution < -0.4 is 10.9 Å². The van der Waals surface area contributed by atoms with Crippen LogP contribution in [0.4, 0.5) is 19.1 Å². The van der Waals surface area contributed by atoms with Crippen LogP contribution in [0, 0.1) is 24.4 Å². The topological polar surface area (TPSA) is 69.0 Å². The number of halogens is 3. The second kappa shape index (κ2) is 8.32. The van der Waals surface area contributed by atoms with Crippen molar-refractivity contribution >= 4 is 17.0 Å². The number of benzene rings is 2. The predicted octanol–water partition coefficient (Wildman–Crippen LogP) is 4.37. The van der Waals surface area contributed by atoms with Gasteiger partial charge in [-0.2, -0.15) is 4.98 Å². The number of para-hydroxylation sites is 1. The highest BCUT2D eigenvalue weighted by Crippen LogP contribution is 2.31. The number of nitrogens with one attached hydrogen (secondary N) is 1. The number of pyridine rings is 1. The van der Waals surface area contributed by atoms with Gasteiger partial charge in [0.2, 0.25) is 5.95 Å². The third kappa shape index (κ3) is 3.84. The molecule has 9 heteroatoms. The number of aromatic nitrogens is 3. The molecule has 3 heterocycles. The fourth-order valence-corrected chi connectivity index (χ4v) is 4.03. The molecule has 1 aliphatic heterocycles. The third-order valence-corrected chi connectivity index (χ3v) is 5.62. The molecule has 2 aromatic carbocycles. The molecular formula is C24H19F3N4O2. The van der Waals surface area contributed by atoms with Crippen LogP contribution in [0.3, 0.4) is 0 Å². The maximum atomic E-state index is 14.7. The molecule has 2 aromatic heterocycles. The highest BCUT2D eigenvalue weighted by atomic mass is 19.1. The molecule has 1 N–H and O–H groups in total. The van der Waals surface area contributed by atoms with E-state index in [4.69, 9.17) is 4.74 Å². The van der Waals surface area contributed by atoms with Crippen LogP contribution in [0.5, 0.6) is 0 Å². The van der Waals surface area contributed by atoms with Crippen molar-refractivity contribution in [2.45, 2.75) is 19.4 Å². The van der Waals surface area contributed by atoms with Crippen molar-refractivity contribution in [2.75, 3.05) is 18.5 Å². The number of anilines is 1. The van der Waals surface area contributed by atoms with E-state index in [-0.39, 0.29) is 17.6 Å². The largest absolute Gasteiger partial charge is 0.379 e. The Labute approximate surface area is 186 Å². The van der Waals surface area contributed by atoms with E-state index in [0.717, 1.165) is 23.1 Å². The molecule has 0 amide bonds. The van der Waals surface area contributed by atoms with E-state index in [0.29, 0.717) is 35.4 Å². The van der Waals surface area contributed by atoms with Gasteiger partial charge in [-0.15, -0.1) is 0 Å². The Hall–Kier alpha value is -3.72. The van der Waals surface area contributed by atoms with Gasteiger partial charge in [-0.3, -0.25) is 9.36 Å². The molecule has 33 heavy (non-hydrogen) atoms. The molecule has 0 spiro atoms. The van der Waals surface area contributed by atoms with E-state index in [1.807, 2.05) is 0 Å². The van der Waals surface area contributed by atoms with Gasteiger partial charge in [-0.05, 0) is 55.3 Å². The molecule has 1 fully saturated rings. The Morgan fingerprint density at radius 1 is 1.06 bits per heavy atom. The molecule has 1 atom stereocenters. The average Bonchev–Trinajstić information content (AvgIpc) is 3.28. The molecule has 168 valence electrons. The summed E-state index contributed by atoms with van der Waals surface area (Å²) in [6.45, 7) is 2.77. The molecule has 0 unspecified atom stereocenters. The molecule has 4 aromatic rings. The standard InChI is InChI=1S/C24H19F3N4O2/c1-13-11-14(25)5-6-16(13)21-17-7-8-20(32)31(22-18(26)3-2-4-19(22)27)23(17)30-24(29-21)28-15-9-10-33-12-15/h2-8,11,15H,9-10,12H2,1H3,(H,28,29,30)/t15-/m0/s1. The maximum absolute atomic E-state index is 14.7. The maximum Gasteiger partial charge on any atom is 0.256 e. The third-order valence-electron chi connectivity index (χ3n) is 5.62. The summed E-state index contributed by atoms with van der Waals surface area (Å²) in [7, 11) is 0. The van der Waals surface area contributed by atoms with E-state index in [1.54, 1.807) is 13.0 Å². The van der Waals surface area contributed by atoms with Gasteiger partial charge in [0.25, 0.3) is 5.56 Å². The van der Waals surface area contributed by atoms with Gasteiger partial charge in [-0.25, -0.2) is 18.2 Å². The molecule has 6 nitrogen and oxygen atoms in total. The van der Waals surface area contributed by atoms with E-state index in [1.165, 1.54) is 30.3 Å². The lowest BCUT2D eigenvalue weighted by molar-refractivity contribution is 0.195. The van der Waals surface area contributed by atoms with Crippen LogP contribution in [0.15, 0.2) is 53.3 Å². The van der Waals surface area contributed by atoms with Gasteiger partial charge in [-0.1, -0.05) is 6.07 Å². The number of fused-ring (bicyclic) bond motifs is 1. The highest BCUT2D eigenvalue weighted by Gasteiger charge is 2.22. The van der Waals surface area contributed by atoms with Crippen molar-refractivity contribution in [3.63, 3.8) is 0 Å². The van der Waals surface area contributed by atoms with Crippen molar-refractivity contribution < 1.29 is 17.9 Å². The second-order valence-electron chi connectivity index (χ2n) is 7.87. The molecule has 5 rings (SSSR count). The van der Waals surface area contributed by atoms with Crippen LogP contribution in [-0.4, -0.2) is 33.8 Å². The number of aryl methyl sites for hydroxylation is 1. The fourth-order valence-electron chi connectivity index (χ4n) is 4.03. The van der Waals surface area contributed by atoms with E-state index < -0.39 is 28.7 Å². The second-order valence-corrected chi connectivity index (χ2v) is 7.87. The summed E-state index contributed by atoms with van der Waals surface area (Å²) in [4.78, 5) is 21.9. The Morgan fingerprint density at radius 3 is 2.55 bits per heavy atom. The monoisotopic (exact) mass is 452 g/mol. The summed E-state index contributed by atoms with van der Waals surface area (Å²) < 4.78 is 49.4. The first-order valence-electron chi connectivity index (χ1n) is 10.4. The lowest BCUT2D eigenvalue weighted by Gasteiger charge is -2.17. The molecule has 0 aliphatic carbocycles. The van der Waals surface area contributed by atoms with Gasteiger partial charge >= 0.3 is 0 Å². The minimum absolute atomic E-state index is 0.0293. The number of rotatable bonds is 4. The Bertz CT molecular complexity index is 1410. The van der Waals surface area contributed by atoms with Crippen molar-refractivity contribution in [1.29, 1.82) is 0 Å². The zero-order chi connectivity index (χ0) is 23.1. The summed E-state index contributed by atoms with van der Waals surface area (Å²) >= 11 is 0. The number of hydrogen-bond donors (Lipinski definition) is 1. The van der Waals surface area contributed by atoms with Crippen LogP contribution in [-0.2, 0) is 4.74 Å². The normalized spacial score (nSPS) is 15.8. The number of hydrogen-bond acceptors (Lipinski definition) is 5. The van der Waals surface area contributed by atoms with Gasteiger partial charge < -0.3 is 10.1 Å². The first-order valence-corrected chi connectivity index (χ1v) is 10.4. The van der Waals surface area contributed by atoms with Crippen LogP contribution >= 0.6 is 0 Å². The fraction of sp³-hybridized carbons (Fsp3) is 0.208. The molecule has 1 aliphatic rings. The SMILES string of the molecule is Cc1cc(F)ccc1-c1nc(N[C@H]2CCOC2)nc2c1ccc(=O)n2-c1c(F)cccc1F. The number of ether oxygens (including phenoxy) is 1. The minimum atomic E-state index is -0.901. The van der Waals surface area contributed by atoms with Crippen LogP contribution in [0.1, 0.15) is 12.0 Å². The summed E-state index contributed by atoms with van der Waals surface area (Å²) in [6, 6.07) is 10.3. The van der Waals surface area contributed by atoms with Crippen molar-refractivity contribution in [3.8, 4) is 16.9 Å². The zero-order valence-corrected chi connectivity index (χ0v) is 17.6. The van der Waals surface area contributed by atoms with Gasteiger partial charge in [0.05, 0.1) is 18.3 Å². The first kappa shape index (κ1) is 21.1. The summed E-state index contributed by atoms with van der Waals surface area (Å²) in [5.74, 6) is -2.03. The Balaban J connectivity index is 1.83. The average molecular weight is 452 g/mol. The summed E-state index contributed by atoms with van der Waals surface area (Å²) in [5.41, 5.74) is 0.477. The van der Waals surface area contributed by atoms with Crippen LogP contribution in [0.2, 0.25) is 0 Å². The molecule has 0 bridgehead atoms. The van der Waals surface area contributed by atoms with E-state index in [9.17, 15) is 18.0 Å².